The molecule has 0 saturated heterocycles. The lowest BCUT2D eigenvalue weighted by Crippen LogP contribution is -1.92. The number of benzene rings is 1. The Bertz CT molecular complexity index is 833. The zero-order chi connectivity index (χ0) is 16.2. The third-order valence-electron chi connectivity index (χ3n) is 3.05. The summed E-state index contributed by atoms with van der Waals surface area (Å²) in [5.41, 5.74) is 2.22. The molecule has 8 heteroatoms. The van der Waals surface area contributed by atoms with E-state index in [4.69, 9.17) is 4.74 Å². The van der Waals surface area contributed by atoms with Crippen LogP contribution in [0.1, 0.15) is 0 Å². The standard InChI is InChI=1S/C15H12N4O3S/c1-22-14-6-5-11(8-16-14)17-15-18-13(9-23-15)10-3-2-4-12(7-10)19(20)21/h2-9H,1H3,(H,17,18). The first-order valence-corrected chi connectivity index (χ1v) is 7.51. The van der Waals surface area contributed by atoms with Gasteiger partial charge < -0.3 is 10.1 Å². The van der Waals surface area contributed by atoms with Gasteiger partial charge in [-0.25, -0.2) is 9.97 Å². The van der Waals surface area contributed by atoms with Gasteiger partial charge in [0, 0.05) is 29.1 Å². The van der Waals surface area contributed by atoms with Gasteiger partial charge in [-0.3, -0.25) is 10.1 Å². The third kappa shape index (κ3) is 3.43. The second-order valence-corrected chi connectivity index (χ2v) is 5.42. The molecule has 0 radical (unpaired) electrons. The number of ether oxygens (including phenoxy) is 1. The molecule has 0 bridgehead atoms. The molecule has 7 nitrogen and oxygen atoms in total. The molecule has 0 atom stereocenters. The van der Waals surface area contributed by atoms with Crippen LogP contribution in [0.5, 0.6) is 5.88 Å². The summed E-state index contributed by atoms with van der Waals surface area (Å²) in [7, 11) is 1.56. The van der Waals surface area contributed by atoms with Crippen LogP contribution in [0.25, 0.3) is 11.3 Å². The molecule has 0 spiro atoms. The van der Waals surface area contributed by atoms with Crippen LogP contribution in [0.3, 0.4) is 0 Å². The molecule has 0 unspecified atom stereocenters. The first-order chi connectivity index (χ1) is 11.2. The molecule has 2 heterocycles. The van der Waals surface area contributed by atoms with Crippen molar-refractivity contribution in [1.29, 1.82) is 0 Å². The van der Waals surface area contributed by atoms with Crippen molar-refractivity contribution in [1.82, 2.24) is 9.97 Å². The van der Waals surface area contributed by atoms with E-state index < -0.39 is 4.92 Å². The number of aromatic nitrogens is 2. The molecule has 23 heavy (non-hydrogen) atoms. The lowest BCUT2D eigenvalue weighted by molar-refractivity contribution is -0.384. The molecule has 3 rings (SSSR count). The Morgan fingerprint density at radius 3 is 2.87 bits per heavy atom. The van der Waals surface area contributed by atoms with E-state index in [0.717, 1.165) is 5.69 Å². The van der Waals surface area contributed by atoms with E-state index in [2.05, 4.69) is 15.3 Å². The molecule has 1 aromatic carbocycles. The van der Waals surface area contributed by atoms with Gasteiger partial charge in [-0.1, -0.05) is 12.1 Å². The molecule has 116 valence electrons. The van der Waals surface area contributed by atoms with Gasteiger partial charge in [0.1, 0.15) is 0 Å². The van der Waals surface area contributed by atoms with E-state index in [1.54, 1.807) is 31.5 Å². The minimum absolute atomic E-state index is 0.0457. The van der Waals surface area contributed by atoms with Gasteiger partial charge >= 0.3 is 0 Å². The van der Waals surface area contributed by atoms with Crippen LogP contribution in [0.4, 0.5) is 16.5 Å². The minimum atomic E-state index is -0.419. The fraction of sp³-hybridized carbons (Fsp3) is 0.0667. The highest BCUT2D eigenvalue weighted by Crippen LogP contribution is 2.29. The average molecular weight is 328 g/mol. The smallest absolute Gasteiger partial charge is 0.270 e. The van der Waals surface area contributed by atoms with Crippen LogP contribution in [0, 0.1) is 10.1 Å². The van der Waals surface area contributed by atoms with Crippen LogP contribution in [0.2, 0.25) is 0 Å². The van der Waals surface area contributed by atoms with Crippen molar-refractivity contribution in [3.05, 3.63) is 58.1 Å². The molecular weight excluding hydrogens is 316 g/mol. The van der Waals surface area contributed by atoms with Crippen LogP contribution < -0.4 is 10.1 Å². The maximum atomic E-state index is 10.8. The Kier molecular flexibility index (Phi) is 4.15. The molecule has 1 N–H and O–H groups in total. The van der Waals surface area contributed by atoms with Crippen molar-refractivity contribution in [2.75, 3.05) is 12.4 Å². The van der Waals surface area contributed by atoms with Gasteiger partial charge in [0.2, 0.25) is 5.88 Å². The number of rotatable bonds is 5. The zero-order valence-electron chi connectivity index (χ0n) is 12.1. The summed E-state index contributed by atoms with van der Waals surface area (Å²) in [5, 5.41) is 16.5. The van der Waals surface area contributed by atoms with Gasteiger partial charge in [-0.15, -0.1) is 11.3 Å². The molecule has 0 amide bonds. The molecule has 3 aromatic rings. The van der Waals surface area contributed by atoms with Crippen LogP contribution in [-0.2, 0) is 0 Å². The maximum Gasteiger partial charge on any atom is 0.270 e. The van der Waals surface area contributed by atoms with E-state index in [1.165, 1.54) is 23.5 Å². The van der Waals surface area contributed by atoms with Gasteiger partial charge in [-0.2, -0.15) is 0 Å². The summed E-state index contributed by atoms with van der Waals surface area (Å²) in [6.07, 6.45) is 1.65. The first kappa shape index (κ1) is 14.9. The quantitative estimate of drug-likeness (QED) is 0.565. The molecular formula is C15H12N4O3S. The van der Waals surface area contributed by atoms with Crippen molar-refractivity contribution >= 4 is 27.8 Å². The first-order valence-electron chi connectivity index (χ1n) is 6.63. The number of methoxy groups -OCH3 is 1. The van der Waals surface area contributed by atoms with Crippen LogP contribution in [0.15, 0.2) is 48.0 Å². The van der Waals surface area contributed by atoms with Crippen molar-refractivity contribution in [2.24, 2.45) is 0 Å². The van der Waals surface area contributed by atoms with Gasteiger partial charge in [0.15, 0.2) is 5.13 Å². The number of hydrogen-bond acceptors (Lipinski definition) is 7. The molecule has 0 aliphatic heterocycles. The summed E-state index contributed by atoms with van der Waals surface area (Å²) < 4.78 is 5.00. The summed E-state index contributed by atoms with van der Waals surface area (Å²) in [6.45, 7) is 0. The highest BCUT2D eigenvalue weighted by molar-refractivity contribution is 7.14. The molecule has 0 aliphatic rings. The van der Waals surface area contributed by atoms with E-state index >= 15 is 0 Å². The minimum Gasteiger partial charge on any atom is -0.481 e. The third-order valence-corrected chi connectivity index (χ3v) is 3.81. The van der Waals surface area contributed by atoms with Crippen LogP contribution in [-0.4, -0.2) is 22.0 Å². The molecule has 2 aromatic heterocycles. The fourth-order valence-electron chi connectivity index (χ4n) is 1.94. The molecule has 0 aliphatic carbocycles. The van der Waals surface area contributed by atoms with Crippen molar-refractivity contribution in [2.45, 2.75) is 0 Å². The number of non-ortho nitro benzene ring substituents is 1. The van der Waals surface area contributed by atoms with Crippen molar-refractivity contribution in [3.63, 3.8) is 0 Å². The Morgan fingerprint density at radius 1 is 1.30 bits per heavy atom. The largest absolute Gasteiger partial charge is 0.481 e. The highest BCUT2D eigenvalue weighted by Gasteiger charge is 2.10. The Morgan fingerprint density at radius 2 is 2.17 bits per heavy atom. The number of nitrogens with one attached hydrogen (secondary N) is 1. The summed E-state index contributed by atoms with van der Waals surface area (Å²) in [4.78, 5) is 19.0. The van der Waals surface area contributed by atoms with Gasteiger partial charge in [-0.05, 0) is 6.07 Å². The summed E-state index contributed by atoms with van der Waals surface area (Å²) in [5.74, 6) is 0.534. The maximum absolute atomic E-state index is 10.8. The summed E-state index contributed by atoms with van der Waals surface area (Å²) in [6, 6.07) is 9.98. The number of anilines is 2. The van der Waals surface area contributed by atoms with E-state index in [0.29, 0.717) is 22.3 Å². The van der Waals surface area contributed by atoms with Crippen molar-refractivity contribution in [3.8, 4) is 17.1 Å². The highest BCUT2D eigenvalue weighted by atomic mass is 32.1. The number of nitrogens with zero attached hydrogens (tertiary/aromatic N) is 3. The van der Waals surface area contributed by atoms with Crippen LogP contribution >= 0.6 is 11.3 Å². The Hall–Kier alpha value is -3.00. The summed E-state index contributed by atoms with van der Waals surface area (Å²) >= 11 is 1.41. The number of thiazole rings is 1. The lowest BCUT2D eigenvalue weighted by atomic mass is 10.1. The normalized spacial score (nSPS) is 10.3. The zero-order valence-corrected chi connectivity index (χ0v) is 12.9. The number of nitro benzene ring substituents is 1. The monoisotopic (exact) mass is 328 g/mol. The second-order valence-electron chi connectivity index (χ2n) is 4.56. The number of nitro groups is 1. The average Bonchev–Trinajstić information content (AvgIpc) is 3.04. The van der Waals surface area contributed by atoms with E-state index in [1.807, 2.05) is 11.4 Å². The lowest BCUT2D eigenvalue weighted by Gasteiger charge is -2.03. The van der Waals surface area contributed by atoms with E-state index in [9.17, 15) is 10.1 Å². The molecule has 0 saturated carbocycles. The topological polar surface area (TPSA) is 90.2 Å². The Labute approximate surface area is 135 Å². The number of hydrogen-bond donors (Lipinski definition) is 1. The molecule has 0 fully saturated rings. The second kappa shape index (κ2) is 6.41. The predicted octanol–water partition coefficient (Wildman–Crippen LogP) is 3.87. The predicted molar refractivity (Wildman–Crippen MR) is 88.3 cm³/mol. The van der Waals surface area contributed by atoms with Gasteiger partial charge in [0.05, 0.1) is 29.6 Å². The van der Waals surface area contributed by atoms with E-state index in [-0.39, 0.29) is 5.69 Å². The SMILES string of the molecule is COc1ccc(Nc2nc(-c3cccc([N+](=O)[O-])c3)cs2)cn1. The number of pyridine rings is 1. The van der Waals surface area contributed by atoms with Gasteiger partial charge in [0.25, 0.3) is 5.69 Å². The van der Waals surface area contributed by atoms with Crippen molar-refractivity contribution < 1.29 is 9.66 Å². The Balaban J connectivity index is 1.79. The fourth-order valence-corrected chi connectivity index (χ4v) is 2.68.